The molecule has 3 atom stereocenters. The van der Waals surface area contributed by atoms with Crippen molar-refractivity contribution in [1.82, 2.24) is 0 Å². The third kappa shape index (κ3) is 6.66. The van der Waals surface area contributed by atoms with Gasteiger partial charge < -0.3 is 10.8 Å². The summed E-state index contributed by atoms with van der Waals surface area (Å²) >= 11 is 0. The first-order chi connectivity index (χ1) is 9.72. The van der Waals surface area contributed by atoms with Crippen molar-refractivity contribution in [3.8, 4) is 0 Å². The minimum Gasteiger partial charge on any atom is -0.392 e. The average Bonchev–Trinajstić information content (AvgIpc) is 2.38. The molecule has 1 aliphatic carbocycles. The Balaban J connectivity index is 2.38. The Bertz CT molecular complexity index is 388. The molecular weight excluding hydrogens is 286 g/mol. The summed E-state index contributed by atoms with van der Waals surface area (Å²) in [6.45, 7) is 5.29. The standard InChI is InChI=1S/C16H33NO3S/c1-12(2)21(19,20)11-13(3)9-16(18)15(17)10-14-7-5-4-6-8-14/h12-16,18H,4-11,17H2,1-3H3. The number of nitrogens with two attached hydrogens (primary N) is 1. The quantitative estimate of drug-likeness (QED) is 0.720. The van der Waals surface area contributed by atoms with Gasteiger partial charge in [-0.15, -0.1) is 0 Å². The van der Waals surface area contributed by atoms with E-state index >= 15 is 0 Å². The van der Waals surface area contributed by atoms with Gasteiger partial charge in [-0.1, -0.05) is 39.0 Å². The van der Waals surface area contributed by atoms with E-state index in [1.165, 1.54) is 32.1 Å². The van der Waals surface area contributed by atoms with Gasteiger partial charge in [0.15, 0.2) is 9.84 Å². The topological polar surface area (TPSA) is 80.4 Å². The smallest absolute Gasteiger partial charge is 0.152 e. The first kappa shape index (κ1) is 18.9. The second-order valence-electron chi connectivity index (χ2n) is 7.19. The van der Waals surface area contributed by atoms with Gasteiger partial charge >= 0.3 is 0 Å². The molecule has 3 unspecified atom stereocenters. The van der Waals surface area contributed by atoms with E-state index in [0.29, 0.717) is 12.3 Å². The second kappa shape index (κ2) is 8.49. The summed E-state index contributed by atoms with van der Waals surface area (Å²) < 4.78 is 23.8. The largest absolute Gasteiger partial charge is 0.392 e. The molecule has 126 valence electrons. The molecule has 0 aromatic rings. The van der Waals surface area contributed by atoms with Gasteiger partial charge in [-0.25, -0.2) is 8.42 Å². The van der Waals surface area contributed by atoms with Crippen LogP contribution in [0.15, 0.2) is 0 Å². The normalized spacial score (nSPS) is 22.2. The lowest BCUT2D eigenvalue weighted by Gasteiger charge is -2.28. The molecule has 1 fully saturated rings. The molecule has 0 radical (unpaired) electrons. The summed E-state index contributed by atoms with van der Waals surface area (Å²) in [5.41, 5.74) is 6.12. The molecule has 0 bridgehead atoms. The van der Waals surface area contributed by atoms with Crippen LogP contribution >= 0.6 is 0 Å². The predicted molar refractivity (Wildman–Crippen MR) is 87.9 cm³/mol. The van der Waals surface area contributed by atoms with Crippen LogP contribution in [0.2, 0.25) is 0 Å². The number of aliphatic hydroxyl groups is 1. The molecule has 0 spiro atoms. The third-order valence-electron chi connectivity index (χ3n) is 4.70. The maximum absolute atomic E-state index is 11.9. The minimum absolute atomic E-state index is 0.0511. The van der Waals surface area contributed by atoms with Crippen LogP contribution in [0.5, 0.6) is 0 Å². The number of sulfone groups is 1. The Morgan fingerprint density at radius 3 is 2.24 bits per heavy atom. The summed E-state index contributed by atoms with van der Waals surface area (Å²) in [7, 11) is -3.05. The maximum atomic E-state index is 11.9. The predicted octanol–water partition coefficient (Wildman–Crippen LogP) is 2.49. The van der Waals surface area contributed by atoms with Crippen molar-refractivity contribution in [3.05, 3.63) is 0 Å². The lowest BCUT2D eigenvalue weighted by Crippen LogP contribution is -2.38. The van der Waals surface area contributed by atoms with Gasteiger partial charge in [0, 0.05) is 6.04 Å². The minimum atomic E-state index is -3.05. The molecule has 3 N–H and O–H groups in total. The highest BCUT2D eigenvalue weighted by Crippen LogP contribution is 2.28. The fourth-order valence-electron chi connectivity index (χ4n) is 3.21. The van der Waals surface area contributed by atoms with Crippen molar-refractivity contribution in [1.29, 1.82) is 0 Å². The van der Waals surface area contributed by atoms with Crippen molar-refractivity contribution < 1.29 is 13.5 Å². The average molecular weight is 320 g/mol. The van der Waals surface area contributed by atoms with Crippen LogP contribution in [0.3, 0.4) is 0 Å². The lowest BCUT2D eigenvalue weighted by atomic mass is 9.83. The van der Waals surface area contributed by atoms with Gasteiger partial charge in [-0.2, -0.15) is 0 Å². The highest BCUT2D eigenvalue weighted by atomic mass is 32.2. The van der Waals surface area contributed by atoms with Gasteiger partial charge in [-0.3, -0.25) is 0 Å². The molecule has 0 heterocycles. The second-order valence-corrected chi connectivity index (χ2v) is 9.79. The zero-order chi connectivity index (χ0) is 16.0. The Kier molecular flexibility index (Phi) is 7.65. The molecule has 21 heavy (non-hydrogen) atoms. The van der Waals surface area contributed by atoms with Crippen molar-refractivity contribution in [2.24, 2.45) is 17.6 Å². The van der Waals surface area contributed by atoms with Crippen LogP contribution in [-0.4, -0.2) is 36.7 Å². The third-order valence-corrected chi connectivity index (χ3v) is 7.17. The number of aliphatic hydroxyl groups excluding tert-OH is 1. The van der Waals surface area contributed by atoms with Crippen LogP contribution in [0, 0.1) is 11.8 Å². The summed E-state index contributed by atoms with van der Waals surface area (Å²) in [6.07, 6.45) is 7.05. The Hall–Kier alpha value is -0.130. The molecule has 0 amide bonds. The van der Waals surface area contributed by atoms with E-state index in [2.05, 4.69) is 0 Å². The van der Waals surface area contributed by atoms with E-state index in [0.717, 1.165) is 6.42 Å². The van der Waals surface area contributed by atoms with Crippen LogP contribution in [0.4, 0.5) is 0 Å². The molecule has 1 rings (SSSR count). The summed E-state index contributed by atoms with van der Waals surface area (Å²) in [5, 5.41) is 9.88. The highest BCUT2D eigenvalue weighted by molar-refractivity contribution is 7.91. The summed E-state index contributed by atoms with van der Waals surface area (Å²) in [6, 6.07) is -0.225. The van der Waals surface area contributed by atoms with Gasteiger partial charge in [0.25, 0.3) is 0 Å². The monoisotopic (exact) mass is 319 g/mol. The number of rotatable bonds is 8. The highest BCUT2D eigenvalue weighted by Gasteiger charge is 2.26. The zero-order valence-corrected chi connectivity index (χ0v) is 14.6. The molecule has 4 nitrogen and oxygen atoms in total. The van der Waals surface area contributed by atoms with E-state index in [4.69, 9.17) is 5.73 Å². The number of hydrogen-bond acceptors (Lipinski definition) is 4. The Morgan fingerprint density at radius 1 is 1.14 bits per heavy atom. The van der Waals surface area contributed by atoms with E-state index < -0.39 is 15.9 Å². The van der Waals surface area contributed by atoms with Gasteiger partial charge in [-0.05, 0) is 38.5 Å². The molecule has 0 aliphatic heterocycles. The lowest BCUT2D eigenvalue weighted by molar-refractivity contribution is 0.106. The van der Waals surface area contributed by atoms with Crippen molar-refractivity contribution in [2.45, 2.75) is 83.1 Å². The van der Waals surface area contributed by atoms with Gasteiger partial charge in [0.2, 0.25) is 0 Å². The zero-order valence-electron chi connectivity index (χ0n) is 13.8. The fourth-order valence-corrected chi connectivity index (χ4v) is 4.52. The first-order valence-electron chi connectivity index (χ1n) is 8.37. The van der Waals surface area contributed by atoms with Gasteiger partial charge in [0.1, 0.15) is 0 Å². The fraction of sp³-hybridized carbons (Fsp3) is 1.00. The first-order valence-corrected chi connectivity index (χ1v) is 10.1. The Labute approximate surface area is 130 Å². The molecule has 0 saturated heterocycles. The molecule has 1 aliphatic rings. The van der Waals surface area contributed by atoms with E-state index in [9.17, 15) is 13.5 Å². The van der Waals surface area contributed by atoms with Crippen LogP contribution in [0.25, 0.3) is 0 Å². The summed E-state index contributed by atoms with van der Waals surface area (Å²) in [4.78, 5) is 0. The number of hydrogen-bond donors (Lipinski definition) is 2. The van der Waals surface area contributed by atoms with Crippen molar-refractivity contribution in [2.75, 3.05) is 5.75 Å². The summed E-state index contributed by atoms with van der Waals surface area (Å²) in [5.74, 6) is 0.723. The van der Waals surface area contributed by atoms with Gasteiger partial charge in [0.05, 0.1) is 17.1 Å². The van der Waals surface area contributed by atoms with Crippen LogP contribution in [0.1, 0.15) is 65.7 Å². The van der Waals surface area contributed by atoms with Crippen molar-refractivity contribution >= 4 is 9.84 Å². The molecular formula is C16H33NO3S. The SMILES string of the molecule is CC(CC(O)C(N)CC1CCCCC1)CS(=O)(=O)C(C)C. The maximum Gasteiger partial charge on any atom is 0.152 e. The van der Waals surface area contributed by atoms with Crippen LogP contribution < -0.4 is 5.73 Å². The van der Waals surface area contributed by atoms with E-state index in [-0.39, 0.29) is 23.0 Å². The van der Waals surface area contributed by atoms with E-state index in [1.54, 1.807) is 13.8 Å². The molecule has 0 aromatic heterocycles. The van der Waals surface area contributed by atoms with Crippen LogP contribution in [-0.2, 0) is 9.84 Å². The molecule has 1 saturated carbocycles. The van der Waals surface area contributed by atoms with Crippen molar-refractivity contribution in [3.63, 3.8) is 0 Å². The van der Waals surface area contributed by atoms with E-state index in [1.807, 2.05) is 6.92 Å². The molecule has 5 heteroatoms. The Morgan fingerprint density at radius 2 is 1.71 bits per heavy atom. The molecule has 0 aromatic carbocycles.